The second kappa shape index (κ2) is 11.4. The highest BCUT2D eigenvalue weighted by molar-refractivity contribution is 5.73. The van der Waals surface area contributed by atoms with Crippen LogP contribution in [0.1, 0.15) is 22.3 Å². The van der Waals surface area contributed by atoms with E-state index < -0.39 is 74.6 Å². The van der Waals surface area contributed by atoms with Gasteiger partial charge in [-0.2, -0.15) is 0 Å². The van der Waals surface area contributed by atoms with Crippen molar-refractivity contribution in [3.05, 3.63) is 141 Å². The first-order chi connectivity index (χ1) is 20.3. The molecule has 0 saturated carbocycles. The molecular formula is C34H17F9. The van der Waals surface area contributed by atoms with Crippen LogP contribution in [0, 0.1) is 78.0 Å². The third-order valence-corrected chi connectivity index (χ3v) is 6.70. The summed E-state index contributed by atoms with van der Waals surface area (Å²) in [4.78, 5) is 0. The highest BCUT2D eigenvalue weighted by atomic mass is 19.2. The summed E-state index contributed by atoms with van der Waals surface area (Å²) in [5.41, 5.74) is -1.80. The van der Waals surface area contributed by atoms with Crippen LogP contribution in [0.3, 0.4) is 0 Å². The molecule has 0 bridgehead atoms. The molecule has 0 spiro atoms. The van der Waals surface area contributed by atoms with E-state index in [4.69, 9.17) is 0 Å². The quantitative estimate of drug-likeness (QED) is 0.111. The molecule has 5 aromatic carbocycles. The van der Waals surface area contributed by atoms with Crippen LogP contribution < -0.4 is 0 Å². The topological polar surface area (TPSA) is 0 Å². The van der Waals surface area contributed by atoms with Crippen molar-refractivity contribution in [1.82, 2.24) is 0 Å². The first-order valence-electron chi connectivity index (χ1n) is 12.6. The average Bonchev–Trinajstić information content (AvgIpc) is 2.90. The average molecular weight is 596 g/mol. The number of benzene rings is 5. The molecule has 0 nitrogen and oxygen atoms in total. The van der Waals surface area contributed by atoms with Crippen molar-refractivity contribution in [2.75, 3.05) is 0 Å². The zero-order valence-corrected chi connectivity index (χ0v) is 22.3. The van der Waals surface area contributed by atoms with Crippen LogP contribution in [-0.2, 0) is 0 Å². The molecule has 5 aromatic rings. The lowest BCUT2D eigenvalue weighted by Gasteiger charge is -2.11. The third-order valence-electron chi connectivity index (χ3n) is 6.70. The lowest BCUT2D eigenvalue weighted by Crippen LogP contribution is -1.99. The highest BCUT2D eigenvalue weighted by Gasteiger charge is 2.21. The van der Waals surface area contributed by atoms with Gasteiger partial charge < -0.3 is 0 Å². The summed E-state index contributed by atoms with van der Waals surface area (Å²) < 4.78 is 130. The van der Waals surface area contributed by atoms with Gasteiger partial charge >= 0.3 is 0 Å². The monoisotopic (exact) mass is 596 g/mol. The minimum absolute atomic E-state index is 0.0884. The first kappa shape index (κ1) is 29.5. The molecule has 9 heteroatoms. The van der Waals surface area contributed by atoms with Crippen LogP contribution in [0.5, 0.6) is 0 Å². The Kier molecular flexibility index (Phi) is 7.80. The van der Waals surface area contributed by atoms with E-state index in [-0.39, 0.29) is 22.3 Å². The van der Waals surface area contributed by atoms with E-state index in [0.717, 1.165) is 18.2 Å². The van der Waals surface area contributed by atoms with Crippen LogP contribution in [0.15, 0.2) is 66.7 Å². The molecule has 0 aromatic heterocycles. The summed E-state index contributed by atoms with van der Waals surface area (Å²) in [6.45, 7) is 3.25. The number of hydrogen-bond acceptors (Lipinski definition) is 0. The fraction of sp³-hybridized carbons (Fsp3) is 0.0588. The zero-order valence-electron chi connectivity index (χ0n) is 22.3. The molecule has 0 heterocycles. The van der Waals surface area contributed by atoms with E-state index in [9.17, 15) is 30.7 Å². The smallest absolute Gasteiger partial charge is 0.194 e. The third kappa shape index (κ3) is 5.73. The summed E-state index contributed by atoms with van der Waals surface area (Å²) in [6, 6.07) is 10.6. The number of aryl methyl sites for hydroxylation is 2. The van der Waals surface area contributed by atoms with Crippen molar-refractivity contribution in [3.8, 4) is 45.2 Å². The van der Waals surface area contributed by atoms with Gasteiger partial charge in [0, 0.05) is 11.1 Å². The van der Waals surface area contributed by atoms with Crippen LogP contribution in [0.4, 0.5) is 39.5 Å². The molecule has 0 radical (unpaired) electrons. The summed E-state index contributed by atoms with van der Waals surface area (Å²) in [6.07, 6.45) is 0. The van der Waals surface area contributed by atoms with Crippen molar-refractivity contribution < 1.29 is 39.5 Å². The SMILES string of the molecule is Cc1ccc(-c2cc(C)c(C#Cc3cc(F)c(-c4cc(F)c(-c5cc(F)c(F)c(F)c5)c(F)c4)c(F)c3)c(F)c2)c(F)c1. The minimum atomic E-state index is -1.83. The second-order valence-corrected chi connectivity index (χ2v) is 9.77. The standard InChI is InChI=1S/C34H17F9/c1-16-3-5-23(24(35)7-16)19-8-17(2)22(25(36)11-19)6-4-18-9-26(37)32(27(38)10-18)20-12-28(39)33(29(40)13-20)21-14-30(41)34(43)31(42)15-21/h3,5,7-15H,1-2H3. The van der Waals surface area contributed by atoms with E-state index >= 15 is 8.78 Å². The molecule has 0 aliphatic rings. The van der Waals surface area contributed by atoms with Crippen molar-refractivity contribution in [2.45, 2.75) is 13.8 Å². The van der Waals surface area contributed by atoms with E-state index in [1.54, 1.807) is 13.0 Å². The Morgan fingerprint density at radius 1 is 0.442 bits per heavy atom. The molecule has 0 fully saturated rings. The van der Waals surface area contributed by atoms with Crippen LogP contribution in [0.25, 0.3) is 33.4 Å². The van der Waals surface area contributed by atoms with Gasteiger partial charge in [-0.3, -0.25) is 0 Å². The van der Waals surface area contributed by atoms with Crippen LogP contribution in [-0.4, -0.2) is 0 Å². The Hall–Kier alpha value is -4.97. The molecule has 0 N–H and O–H groups in total. The summed E-state index contributed by atoms with van der Waals surface area (Å²) in [7, 11) is 0. The molecule has 43 heavy (non-hydrogen) atoms. The van der Waals surface area contributed by atoms with Gasteiger partial charge in [0.05, 0.1) is 16.7 Å². The number of halogens is 9. The maximum atomic E-state index is 15.0. The lowest BCUT2D eigenvalue weighted by molar-refractivity contribution is 0.447. The number of rotatable bonds is 3. The Balaban J connectivity index is 1.48. The van der Waals surface area contributed by atoms with Gasteiger partial charge in [-0.25, -0.2) is 39.5 Å². The molecule has 0 saturated heterocycles. The Bertz CT molecular complexity index is 1910. The van der Waals surface area contributed by atoms with E-state index in [1.165, 1.54) is 25.1 Å². The molecule has 216 valence electrons. The normalized spacial score (nSPS) is 11.0. The number of hydrogen-bond donors (Lipinski definition) is 0. The van der Waals surface area contributed by atoms with Gasteiger partial charge in [0.2, 0.25) is 0 Å². The van der Waals surface area contributed by atoms with Gasteiger partial charge in [-0.05, 0) is 96.3 Å². The largest absolute Gasteiger partial charge is 0.206 e. The van der Waals surface area contributed by atoms with E-state index in [0.29, 0.717) is 35.4 Å². The highest BCUT2D eigenvalue weighted by Crippen LogP contribution is 2.35. The van der Waals surface area contributed by atoms with Gasteiger partial charge in [0.1, 0.15) is 34.9 Å². The lowest BCUT2D eigenvalue weighted by atomic mass is 9.96. The molecule has 5 rings (SSSR count). The zero-order chi connectivity index (χ0) is 31.2. The summed E-state index contributed by atoms with van der Waals surface area (Å²) >= 11 is 0. The van der Waals surface area contributed by atoms with Crippen LogP contribution >= 0.6 is 0 Å². The maximum absolute atomic E-state index is 15.0. The molecule has 0 amide bonds. The summed E-state index contributed by atoms with van der Waals surface area (Å²) in [5.74, 6) is -6.88. The molecule has 0 aliphatic carbocycles. The fourth-order valence-electron chi connectivity index (χ4n) is 4.66. The molecule has 0 atom stereocenters. The Labute approximate surface area is 240 Å². The molecule has 0 aliphatic heterocycles. The maximum Gasteiger partial charge on any atom is 0.194 e. The Morgan fingerprint density at radius 3 is 1.44 bits per heavy atom. The summed E-state index contributed by atoms with van der Waals surface area (Å²) in [5, 5.41) is 0. The van der Waals surface area contributed by atoms with E-state index in [1.807, 2.05) is 0 Å². The van der Waals surface area contributed by atoms with Gasteiger partial charge in [-0.1, -0.05) is 24.0 Å². The van der Waals surface area contributed by atoms with Crippen molar-refractivity contribution >= 4 is 0 Å². The predicted octanol–water partition coefficient (Wildman–Crippen LogP) is 9.96. The minimum Gasteiger partial charge on any atom is -0.206 e. The van der Waals surface area contributed by atoms with Gasteiger partial charge in [0.25, 0.3) is 0 Å². The van der Waals surface area contributed by atoms with Crippen LogP contribution in [0.2, 0.25) is 0 Å². The van der Waals surface area contributed by atoms with Gasteiger partial charge in [-0.15, -0.1) is 0 Å². The molecular weight excluding hydrogens is 579 g/mol. The molecule has 0 unspecified atom stereocenters. The van der Waals surface area contributed by atoms with Crippen molar-refractivity contribution in [2.24, 2.45) is 0 Å². The Morgan fingerprint density at radius 2 is 0.930 bits per heavy atom. The first-order valence-corrected chi connectivity index (χ1v) is 12.6. The van der Waals surface area contributed by atoms with Gasteiger partial charge in [0.15, 0.2) is 17.5 Å². The fourth-order valence-corrected chi connectivity index (χ4v) is 4.66. The van der Waals surface area contributed by atoms with E-state index in [2.05, 4.69) is 11.8 Å². The second-order valence-electron chi connectivity index (χ2n) is 9.77. The van der Waals surface area contributed by atoms with Crippen molar-refractivity contribution in [1.29, 1.82) is 0 Å². The van der Waals surface area contributed by atoms with Crippen molar-refractivity contribution in [3.63, 3.8) is 0 Å². The predicted molar refractivity (Wildman–Crippen MR) is 144 cm³/mol.